The van der Waals surface area contributed by atoms with E-state index in [1.165, 1.54) is 0 Å². The van der Waals surface area contributed by atoms with Crippen molar-refractivity contribution in [2.75, 3.05) is 18.5 Å². The number of hydrogen-bond donors (Lipinski definition) is 1. The van der Waals surface area contributed by atoms with Crippen molar-refractivity contribution in [3.63, 3.8) is 0 Å². The zero-order valence-electron chi connectivity index (χ0n) is 9.87. The third-order valence-corrected chi connectivity index (χ3v) is 2.29. The highest BCUT2D eigenvalue weighted by Crippen LogP contribution is 2.21. The van der Waals surface area contributed by atoms with Gasteiger partial charge in [0.15, 0.2) is 11.6 Å². The van der Waals surface area contributed by atoms with Crippen molar-refractivity contribution >= 4 is 17.4 Å². The summed E-state index contributed by atoms with van der Waals surface area (Å²) in [6.07, 6.45) is 3.66. The van der Waals surface area contributed by atoms with Crippen LogP contribution in [0.25, 0.3) is 0 Å². The highest BCUT2D eigenvalue weighted by molar-refractivity contribution is 6.20. The Labute approximate surface area is 102 Å². The third-order valence-electron chi connectivity index (χ3n) is 2.07. The highest BCUT2D eigenvalue weighted by atomic mass is 35.5. The highest BCUT2D eigenvalue weighted by Gasteiger charge is 2.04. The zero-order chi connectivity index (χ0) is 11.8. The maximum absolute atomic E-state index is 5.88. The minimum Gasteiger partial charge on any atom is -0.490 e. The summed E-state index contributed by atoms with van der Waals surface area (Å²) in [4.78, 5) is 4.25. The van der Waals surface area contributed by atoms with Crippen LogP contribution in [-0.4, -0.2) is 23.5 Å². The van der Waals surface area contributed by atoms with Crippen LogP contribution in [-0.2, 0) is 0 Å². The molecule has 16 heavy (non-hydrogen) atoms. The maximum Gasteiger partial charge on any atom is 0.168 e. The summed E-state index contributed by atoms with van der Waals surface area (Å²) < 4.78 is 5.59. The lowest BCUT2D eigenvalue weighted by Gasteiger charge is -2.11. The molecule has 0 radical (unpaired) electrons. The standard InChI is InChI=1S/C12H19ClN2O/c1-3-9-16-11-5-4-7-14-12(11)15-8-6-10(2)13/h4-5,7,10H,3,6,8-9H2,1-2H3,(H,14,15). The average molecular weight is 243 g/mol. The van der Waals surface area contributed by atoms with Crippen LogP contribution in [0.5, 0.6) is 5.75 Å². The van der Waals surface area contributed by atoms with Crippen molar-refractivity contribution in [1.82, 2.24) is 4.98 Å². The molecule has 0 fully saturated rings. The first-order valence-electron chi connectivity index (χ1n) is 5.69. The van der Waals surface area contributed by atoms with E-state index in [1.54, 1.807) is 6.20 Å². The molecular formula is C12H19ClN2O. The Kier molecular flexibility index (Phi) is 6.01. The number of nitrogens with one attached hydrogen (secondary N) is 1. The van der Waals surface area contributed by atoms with E-state index in [9.17, 15) is 0 Å². The number of alkyl halides is 1. The number of halogens is 1. The summed E-state index contributed by atoms with van der Waals surface area (Å²) in [5.41, 5.74) is 0. The van der Waals surface area contributed by atoms with E-state index in [-0.39, 0.29) is 5.38 Å². The van der Waals surface area contributed by atoms with Crippen molar-refractivity contribution in [2.45, 2.75) is 32.1 Å². The normalized spacial score (nSPS) is 12.2. The minimum absolute atomic E-state index is 0.177. The van der Waals surface area contributed by atoms with Gasteiger partial charge in [-0.2, -0.15) is 0 Å². The Morgan fingerprint density at radius 1 is 1.56 bits per heavy atom. The summed E-state index contributed by atoms with van der Waals surface area (Å²) in [5, 5.41) is 3.41. The Hall–Kier alpha value is -0.960. The maximum atomic E-state index is 5.88. The first kappa shape index (κ1) is 13.1. The molecule has 0 aliphatic carbocycles. The van der Waals surface area contributed by atoms with Crippen LogP contribution in [0.2, 0.25) is 0 Å². The zero-order valence-corrected chi connectivity index (χ0v) is 10.6. The van der Waals surface area contributed by atoms with E-state index in [2.05, 4.69) is 17.2 Å². The summed E-state index contributed by atoms with van der Waals surface area (Å²) in [5.74, 6) is 1.61. The van der Waals surface area contributed by atoms with Gasteiger partial charge >= 0.3 is 0 Å². The van der Waals surface area contributed by atoms with Gasteiger partial charge in [-0.1, -0.05) is 6.92 Å². The number of ether oxygens (including phenoxy) is 1. The van der Waals surface area contributed by atoms with Gasteiger partial charge < -0.3 is 10.1 Å². The molecule has 1 aromatic heterocycles. The van der Waals surface area contributed by atoms with Gasteiger partial charge in [0.25, 0.3) is 0 Å². The summed E-state index contributed by atoms with van der Waals surface area (Å²) in [7, 11) is 0. The van der Waals surface area contributed by atoms with Crippen LogP contribution in [0.1, 0.15) is 26.7 Å². The lowest BCUT2D eigenvalue weighted by Crippen LogP contribution is -2.09. The van der Waals surface area contributed by atoms with E-state index in [4.69, 9.17) is 16.3 Å². The molecule has 0 aliphatic rings. The second-order valence-corrected chi connectivity index (χ2v) is 4.44. The van der Waals surface area contributed by atoms with Crippen molar-refractivity contribution in [2.24, 2.45) is 0 Å². The Bertz CT molecular complexity index is 305. The first-order valence-corrected chi connectivity index (χ1v) is 6.13. The molecule has 90 valence electrons. The molecule has 0 saturated heterocycles. The molecule has 0 spiro atoms. The van der Waals surface area contributed by atoms with Gasteiger partial charge in [-0.25, -0.2) is 4.98 Å². The molecule has 1 unspecified atom stereocenters. The SMILES string of the molecule is CCCOc1cccnc1NCCC(C)Cl. The topological polar surface area (TPSA) is 34.1 Å². The molecule has 1 aromatic rings. The predicted molar refractivity (Wildman–Crippen MR) is 68.4 cm³/mol. The van der Waals surface area contributed by atoms with Gasteiger partial charge in [0, 0.05) is 18.1 Å². The van der Waals surface area contributed by atoms with Gasteiger partial charge in [-0.15, -0.1) is 11.6 Å². The fourth-order valence-electron chi connectivity index (χ4n) is 1.24. The number of hydrogen-bond acceptors (Lipinski definition) is 3. The second-order valence-electron chi connectivity index (χ2n) is 3.69. The number of aromatic nitrogens is 1. The van der Waals surface area contributed by atoms with E-state index in [1.807, 2.05) is 19.1 Å². The van der Waals surface area contributed by atoms with Crippen LogP contribution in [0.4, 0.5) is 5.82 Å². The van der Waals surface area contributed by atoms with Crippen LogP contribution in [0.15, 0.2) is 18.3 Å². The molecule has 4 heteroatoms. The molecule has 1 atom stereocenters. The van der Waals surface area contributed by atoms with Crippen LogP contribution < -0.4 is 10.1 Å². The molecule has 0 bridgehead atoms. The van der Waals surface area contributed by atoms with Gasteiger partial charge in [0.05, 0.1) is 6.61 Å². The van der Waals surface area contributed by atoms with Gasteiger partial charge in [0.2, 0.25) is 0 Å². The lowest BCUT2D eigenvalue weighted by atomic mass is 10.3. The molecule has 3 nitrogen and oxygen atoms in total. The number of anilines is 1. The Morgan fingerprint density at radius 2 is 2.38 bits per heavy atom. The largest absolute Gasteiger partial charge is 0.490 e. The Balaban J connectivity index is 2.49. The van der Waals surface area contributed by atoms with Crippen LogP contribution >= 0.6 is 11.6 Å². The number of pyridine rings is 1. The average Bonchev–Trinajstić information content (AvgIpc) is 2.27. The van der Waals surface area contributed by atoms with Crippen molar-refractivity contribution in [3.05, 3.63) is 18.3 Å². The molecular weight excluding hydrogens is 224 g/mol. The third kappa shape index (κ3) is 4.71. The summed E-state index contributed by atoms with van der Waals surface area (Å²) in [6.45, 7) is 5.59. The Morgan fingerprint density at radius 3 is 3.06 bits per heavy atom. The molecule has 0 saturated carbocycles. The van der Waals surface area contributed by atoms with E-state index in [0.29, 0.717) is 6.61 Å². The van der Waals surface area contributed by atoms with Crippen LogP contribution in [0.3, 0.4) is 0 Å². The quantitative estimate of drug-likeness (QED) is 0.745. The van der Waals surface area contributed by atoms with Gasteiger partial charge in [0.1, 0.15) is 0 Å². The molecule has 0 aromatic carbocycles. The summed E-state index contributed by atoms with van der Waals surface area (Å²) in [6, 6.07) is 3.80. The van der Waals surface area contributed by atoms with Crippen molar-refractivity contribution in [1.29, 1.82) is 0 Å². The molecule has 0 aliphatic heterocycles. The fraction of sp³-hybridized carbons (Fsp3) is 0.583. The fourth-order valence-corrected chi connectivity index (χ4v) is 1.35. The smallest absolute Gasteiger partial charge is 0.168 e. The predicted octanol–water partition coefficient (Wildman–Crippen LogP) is 3.30. The van der Waals surface area contributed by atoms with Crippen molar-refractivity contribution < 1.29 is 4.74 Å². The lowest BCUT2D eigenvalue weighted by molar-refractivity contribution is 0.318. The van der Waals surface area contributed by atoms with Gasteiger partial charge in [-0.05, 0) is 31.9 Å². The summed E-state index contributed by atoms with van der Waals surface area (Å²) >= 11 is 5.88. The minimum atomic E-state index is 0.177. The monoisotopic (exact) mass is 242 g/mol. The van der Waals surface area contributed by atoms with Gasteiger partial charge in [-0.3, -0.25) is 0 Å². The second kappa shape index (κ2) is 7.34. The molecule has 1 heterocycles. The molecule has 1 rings (SSSR count). The number of rotatable bonds is 7. The van der Waals surface area contributed by atoms with Crippen LogP contribution in [0, 0.1) is 0 Å². The number of nitrogens with zero attached hydrogens (tertiary/aromatic N) is 1. The van der Waals surface area contributed by atoms with E-state index < -0.39 is 0 Å². The van der Waals surface area contributed by atoms with E-state index in [0.717, 1.165) is 31.0 Å². The first-order chi connectivity index (χ1) is 7.74. The molecule has 1 N–H and O–H groups in total. The van der Waals surface area contributed by atoms with Crippen molar-refractivity contribution in [3.8, 4) is 5.75 Å². The molecule has 0 amide bonds. The van der Waals surface area contributed by atoms with E-state index >= 15 is 0 Å².